The Morgan fingerprint density at radius 1 is 1.37 bits per heavy atom. The third-order valence-electron chi connectivity index (χ3n) is 3.05. The van der Waals surface area contributed by atoms with E-state index < -0.39 is 12.1 Å². The quantitative estimate of drug-likeness (QED) is 0.815. The summed E-state index contributed by atoms with van der Waals surface area (Å²) in [6, 6.07) is 5.17. The minimum atomic E-state index is -0.624. The second-order valence-electron chi connectivity index (χ2n) is 4.27. The van der Waals surface area contributed by atoms with Crippen molar-refractivity contribution in [3.8, 4) is 0 Å². The number of hydrogen-bond acceptors (Lipinski definition) is 4. The van der Waals surface area contributed by atoms with Crippen LogP contribution >= 0.6 is 15.9 Å². The predicted octanol–water partition coefficient (Wildman–Crippen LogP) is 2.61. The number of methoxy groups -OCH3 is 1. The second kappa shape index (κ2) is 7.62. The molecule has 1 rings (SSSR count). The molecule has 0 aromatic heterocycles. The molecular weight excluding hydrogens is 310 g/mol. The van der Waals surface area contributed by atoms with E-state index in [9.17, 15) is 9.90 Å². The summed E-state index contributed by atoms with van der Waals surface area (Å²) in [6.07, 6.45) is -0.624. The van der Waals surface area contributed by atoms with Crippen LogP contribution in [0.1, 0.15) is 35.9 Å². The molecule has 0 fully saturated rings. The van der Waals surface area contributed by atoms with Crippen molar-refractivity contribution in [1.82, 2.24) is 4.90 Å². The summed E-state index contributed by atoms with van der Waals surface area (Å²) in [5, 5.41) is 10.2. The SMILES string of the molecule is CCN(CC)CC(O)c1cc(Br)cc(C(=O)OC)c1. The van der Waals surface area contributed by atoms with Crippen LogP contribution in [-0.4, -0.2) is 42.7 Å². The molecule has 4 nitrogen and oxygen atoms in total. The van der Waals surface area contributed by atoms with Crippen LogP contribution in [0.3, 0.4) is 0 Å². The van der Waals surface area contributed by atoms with E-state index in [4.69, 9.17) is 4.74 Å². The number of esters is 1. The molecule has 19 heavy (non-hydrogen) atoms. The van der Waals surface area contributed by atoms with E-state index in [1.165, 1.54) is 7.11 Å². The molecule has 0 heterocycles. The van der Waals surface area contributed by atoms with Crippen molar-refractivity contribution in [2.45, 2.75) is 20.0 Å². The number of ether oxygens (including phenoxy) is 1. The van der Waals surface area contributed by atoms with Gasteiger partial charge in [-0.3, -0.25) is 0 Å². The van der Waals surface area contributed by atoms with Crippen molar-refractivity contribution < 1.29 is 14.6 Å². The van der Waals surface area contributed by atoms with Gasteiger partial charge in [-0.05, 0) is 36.9 Å². The van der Waals surface area contributed by atoms with E-state index >= 15 is 0 Å². The Kier molecular flexibility index (Phi) is 6.48. The number of benzene rings is 1. The number of aliphatic hydroxyl groups is 1. The number of aliphatic hydroxyl groups excluding tert-OH is 1. The molecule has 0 saturated heterocycles. The minimum absolute atomic E-state index is 0.405. The van der Waals surface area contributed by atoms with Crippen LogP contribution in [0.5, 0.6) is 0 Å². The van der Waals surface area contributed by atoms with E-state index in [0.717, 1.165) is 17.6 Å². The van der Waals surface area contributed by atoms with E-state index in [-0.39, 0.29) is 0 Å². The first-order valence-corrected chi connectivity index (χ1v) is 7.10. The van der Waals surface area contributed by atoms with E-state index in [2.05, 4.69) is 34.7 Å². The van der Waals surface area contributed by atoms with Crippen molar-refractivity contribution in [3.05, 3.63) is 33.8 Å². The average molecular weight is 330 g/mol. The third kappa shape index (κ3) is 4.60. The fourth-order valence-electron chi connectivity index (χ4n) is 1.87. The smallest absolute Gasteiger partial charge is 0.337 e. The largest absolute Gasteiger partial charge is 0.465 e. The lowest BCUT2D eigenvalue weighted by molar-refractivity contribution is 0.0600. The molecule has 1 N–H and O–H groups in total. The summed E-state index contributed by atoms with van der Waals surface area (Å²) in [4.78, 5) is 13.7. The molecule has 0 amide bonds. The lowest BCUT2D eigenvalue weighted by atomic mass is 10.1. The molecular formula is C14H20BrNO3. The number of carbonyl (C=O) groups excluding carboxylic acids is 1. The van der Waals surface area contributed by atoms with E-state index in [1.54, 1.807) is 12.1 Å². The minimum Gasteiger partial charge on any atom is -0.465 e. The highest BCUT2D eigenvalue weighted by Crippen LogP contribution is 2.22. The van der Waals surface area contributed by atoms with Crippen LogP contribution in [0.15, 0.2) is 22.7 Å². The molecule has 1 unspecified atom stereocenters. The van der Waals surface area contributed by atoms with Crippen molar-refractivity contribution in [2.75, 3.05) is 26.7 Å². The summed E-state index contributed by atoms with van der Waals surface area (Å²) < 4.78 is 5.45. The van der Waals surface area contributed by atoms with Gasteiger partial charge in [0, 0.05) is 11.0 Å². The monoisotopic (exact) mass is 329 g/mol. The van der Waals surface area contributed by atoms with Crippen LogP contribution in [0.2, 0.25) is 0 Å². The molecule has 0 aliphatic rings. The Morgan fingerprint density at radius 2 is 2.00 bits per heavy atom. The van der Waals surface area contributed by atoms with Gasteiger partial charge in [-0.2, -0.15) is 0 Å². The molecule has 0 radical (unpaired) electrons. The summed E-state index contributed by atoms with van der Waals surface area (Å²) in [5.41, 5.74) is 1.15. The van der Waals surface area contributed by atoms with Crippen LogP contribution in [0, 0.1) is 0 Å². The first-order valence-electron chi connectivity index (χ1n) is 6.31. The van der Waals surface area contributed by atoms with E-state index in [0.29, 0.717) is 17.7 Å². The fourth-order valence-corrected chi connectivity index (χ4v) is 2.38. The van der Waals surface area contributed by atoms with Gasteiger partial charge in [0.15, 0.2) is 0 Å². The number of hydrogen-bond donors (Lipinski definition) is 1. The first-order chi connectivity index (χ1) is 9.01. The number of nitrogens with zero attached hydrogens (tertiary/aromatic N) is 1. The highest BCUT2D eigenvalue weighted by Gasteiger charge is 2.15. The predicted molar refractivity (Wildman–Crippen MR) is 78.2 cm³/mol. The van der Waals surface area contributed by atoms with Gasteiger partial charge in [-0.15, -0.1) is 0 Å². The molecule has 1 aromatic rings. The zero-order valence-electron chi connectivity index (χ0n) is 11.5. The van der Waals surface area contributed by atoms with Crippen LogP contribution in [-0.2, 0) is 4.74 Å². The normalized spacial score (nSPS) is 12.5. The Hall–Kier alpha value is -0.910. The molecule has 0 saturated carbocycles. The van der Waals surface area contributed by atoms with Gasteiger partial charge in [-0.1, -0.05) is 29.8 Å². The second-order valence-corrected chi connectivity index (χ2v) is 5.18. The van der Waals surface area contributed by atoms with Gasteiger partial charge in [-0.25, -0.2) is 4.79 Å². The van der Waals surface area contributed by atoms with E-state index in [1.807, 2.05) is 6.07 Å². The van der Waals surface area contributed by atoms with Crippen molar-refractivity contribution >= 4 is 21.9 Å². The number of likely N-dealkylation sites (N-methyl/N-ethyl adjacent to an activating group) is 1. The summed E-state index contributed by atoms with van der Waals surface area (Å²) in [5.74, 6) is -0.405. The molecule has 0 bridgehead atoms. The van der Waals surface area contributed by atoms with Gasteiger partial charge in [0.2, 0.25) is 0 Å². The average Bonchev–Trinajstić information content (AvgIpc) is 2.42. The summed E-state index contributed by atoms with van der Waals surface area (Å²) in [7, 11) is 1.34. The van der Waals surface area contributed by atoms with Gasteiger partial charge in [0.1, 0.15) is 0 Å². The topological polar surface area (TPSA) is 49.8 Å². The van der Waals surface area contributed by atoms with Gasteiger partial charge in [0.05, 0.1) is 18.8 Å². The van der Waals surface area contributed by atoms with Crippen LogP contribution in [0.25, 0.3) is 0 Å². The maximum Gasteiger partial charge on any atom is 0.337 e. The zero-order chi connectivity index (χ0) is 14.4. The molecule has 1 atom stereocenters. The number of rotatable bonds is 6. The summed E-state index contributed by atoms with van der Waals surface area (Å²) >= 11 is 3.35. The molecule has 5 heteroatoms. The van der Waals surface area contributed by atoms with Gasteiger partial charge < -0.3 is 14.7 Å². The Labute approximate surface area is 122 Å². The molecule has 1 aromatic carbocycles. The van der Waals surface area contributed by atoms with Crippen molar-refractivity contribution in [3.63, 3.8) is 0 Å². The van der Waals surface area contributed by atoms with Gasteiger partial charge in [0.25, 0.3) is 0 Å². The highest BCUT2D eigenvalue weighted by molar-refractivity contribution is 9.10. The van der Waals surface area contributed by atoms with Gasteiger partial charge >= 0.3 is 5.97 Å². The summed E-state index contributed by atoms with van der Waals surface area (Å²) in [6.45, 7) is 6.41. The van der Waals surface area contributed by atoms with Crippen LogP contribution < -0.4 is 0 Å². The lowest BCUT2D eigenvalue weighted by Gasteiger charge is -2.22. The fraction of sp³-hybridized carbons (Fsp3) is 0.500. The van der Waals surface area contributed by atoms with Crippen molar-refractivity contribution in [2.24, 2.45) is 0 Å². The highest BCUT2D eigenvalue weighted by atomic mass is 79.9. The standard InChI is InChI=1S/C14H20BrNO3/c1-4-16(5-2)9-13(17)10-6-11(14(18)19-3)8-12(15)7-10/h6-8,13,17H,4-5,9H2,1-3H3. The molecule has 106 valence electrons. The Bertz CT molecular complexity index is 433. The maximum atomic E-state index is 11.5. The zero-order valence-corrected chi connectivity index (χ0v) is 13.1. The Balaban J connectivity index is 2.93. The van der Waals surface area contributed by atoms with Crippen molar-refractivity contribution in [1.29, 1.82) is 0 Å². The Morgan fingerprint density at radius 3 is 2.53 bits per heavy atom. The number of halogens is 1. The molecule has 0 spiro atoms. The lowest BCUT2D eigenvalue weighted by Crippen LogP contribution is -2.28. The van der Waals surface area contributed by atoms with Crippen LogP contribution in [0.4, 0.5) is 0 Å². The third-order valence-corrected chi connectivity index (χ3v) is 3.51. The number of carbonyl (C=O) groups is 1. The maximum absolute atomic E-state index is 11.5. The molecule has 0 aliphatic heterocycles. The first kappa shape index (κ1) is 16.1. The molecule has 0 aliphatic carbocycles.